The van der Waals surface area contributed by atoms with Crippen LogP contribution in [0.3, 0.4) is 0 Å². The van der Waals surface area contributed by atoms with E-state index in [0.29, 0.717) is 12.5 Å². The monoisotopic (exact) mass is 276 g/mol. The third kappa shape index (κ3) is 5.54. The number of aromatic nitrogens is 2. The number of anilines is 1. The second-order valence-electron chi connectivity index (χ2n) is 4.31. The van der Waals surface area contributed by atoms with E-state index >= 15 is 0 Å². The van der Waals surface area contributed by atoms with Gasteiger partial charge >= 0.3 is 6.18 Å². The number of carbonyl (C=O) groups excluding carboxylic acids is 1. The van der Waals surface area contributed by atoms with Gasteiger partial charge in [0.15, 0.2) is 0 Å². The average molecular weight is 276 g/mol. The van der Waals surface area contributed by atoms with Gasteiger partial charge in [0, 0.05) is 12.7 Å². The zero-order valence-corrected chi connectivity index (χ0v) is 10.6. The number of amides is 1. The van der Waals surface area contributed by atoms with Gasteiger partial charge in [0.2, 0.25) is 11.9 Å². The van der Waals surface area contributed by atoms with Gasteiger partial charge in [-0.15, -0.1) is 0 Å². The summed E-state index contributed by atoms with van der Waals surface area (Å²) < 4.78 is 37.1. The Bertz CT molecular complexity index is 434. The first-order valence-corrected chi connectivity index (χ1v) is 5.70. The molecule has 5 nitrogen and oxygen atoms in total. The largest absolute Gasteiger partial charge is 0.433 e. The number of hydrogen-bond donors (Lipinski definition) is 2. The lowest BCUT2D eigenvalue weighted by Gasteiger charge is -2.10. The molecule has 0 aliphatic rings. The highest BCUT2D eigenvalue weighted by atomic mass is 19.4. The fourth-order valence-corrected chi connectivity index (χ4v) is 1.14. The number of nitrogens with zero attached hydrogens (tertiary/aromatic N) is 2. The van der Waals surface area contributed by atoms with Gasteiger partial charge in [-0.25, -0.2) is 9.97 Å². The van der Waals surface area contributed by atoms with E-state index in [4.69, 9.17) is 0 Å². The maximum atomic E-state index is 12.4. The second-order valence-corrected chi connectivity index (χ2v) is 4.31. The topological polar surface area (TPSA) is 66.9 Å². The highest BCUT2D eigenvalue weighted by Crippen LogP contribution is 2.27. The Labute approximate surface area is 108 Å². The average Bonchev–Trinajstić information content (AvgIpc) is 2.33. The van der Waals surface area contributed by atoms with Crippen molar-refractivity contribution in [2.75, 3.05) is 18.4 Å². The number of halogens is 3. The Morgan fingerprint density at radius 3 is 2.68 bits per heavy atom. The number of alkyl halides is 3. The predicted octanol–water partition coefficient (Wildman–Crippen LogP) is 1.68. The first-order valence-electron chi connectivity index (χ1n) is 5.70. The maximum absolute atomic E-state index is 12.4. The molecular weight excluding hydrogens is 261 g/mol. The fraction of sp³-hybridized carbons (Fsp3) is 0.545. The van der Waals surface area contributed by atoms with Crippen LogP contribution in [0.1, 0.15) is 19.5 Å². The molecule has 0 saturated carbocycles. The van der Waals surface area contributed by atoms with Crippen molar-refractivity contribution in [3.63, 3.8) is 0 Å². The zero-order chi connectivity index (χ0) is 14.5. The van der Waals surface area contributed by atoms with Crippen molar-refractivity contribution in [3.05, 3.63) is 18.0 Å². The highest BCUT2D eigenvalue weighted by Gasteiger charge is 2.32. The van der Waals surface area contributed by atoms with Crippen molar-refractivity contribution in [1.29, 1.82) is 0 Å². The van der Waals surface area contributed by atoms with Crippen LogP contribution < -0.4 is 10.6 Å². The molecule has 0 fully saturated rings. The van der Waals surface area contributed by atoms with E-state index in [9.17, 15) is 18.0 Å². The molecule has 1 amide bonds. The lowest BCUT2D eigenvalue weighted by Crippen LogP contribution is -2.32. The summed E-state index contributed by atoms with van der Waals surface area (Å²) >= 11 is 0. The molecule has 1 aromatic heterocycles. The molecule has 0 aliphatic carbocycles. The molecule has 0 saturated heterocycles. The van der Waals surface area contributed by atoms with Crippen LogP contribution in [-0.4, -0.2) is 29.0 Å². The van der Waals surface area contributed by atoms with Crippen molar-refractivity contribution in [1.82, 2.24) is 15.3 Å². The van der Waals surface area contributed by atoms with E-state index in [1.165, 1.54) is 0 Å². The van der Waals surface area contributed by atoms with Crippen molar-refractivity contribution in [3.8, 4) is 0 Å². The Morgan fingerprint density at radius 1 is 1.42 bits per heavy atom. The van der Waals surface area contributed by atoms with Crippen LogP contribution in [0.4, 0.5) is 19.1 Å². The molecule has 19 heavy (non-hydrogen) atoms. The third-order valence-corrected chi connectivity index (χ3v) is 2.06. The van der Waals surface area contributed by atoms with Gasteiger partial charge in [0.25, 0.3) is 0 Å². The molecule has 106 valence electrons. The molecule has 1 heterocycles. The molecule has 0 radical (unpaired) electrons. The van der Waals surface area contributed by atoms with E-state index in [-0.39, 0.29) is 18.4 Å². The van der Waals surface area contributed by atoms with E-state index in [0.717, 1.165) is 12.3 Å². The standard InChI is InChI=1S/C11H15F3N4O/c1-7(2)5-16-9(19)6-17-10-15-4-3-8(18-10)11(12,13)14/h3-4,7H,5-6H2,1-2H3,(H,16,19)(H,15,17,18). The molecule has 2 N–H and O–H groups in total. The minimum Gasteiger partial charge on any atom is -0.354 e. The lowest BCUT2D eigenvalue weighted by molar-refractivity contribution is -0.141. The number of nitrogens with one attached hydrogen (secondary N) is 2. The van der Waals surface area contributed by atoms with Crippen LogP contribution in [-0.2, 0) is 11.0 Å². The Morgan fingerprint density at radius 2 is 2.11 bits per heavy atom. The van der Waals surface area contributed by atoms with Gasteiger partial charge in [-0.05, 0) is 12.0 Å². The Hall–Kier alpha value is -1.86. The van der Waals surface area contributed by atoms with Crippen LogP contribution in [0.15, 0.2) is 12.3 Å². The number of hydrogen-bond acceptors (Lipinski definition) is 4. The van der Waals surface area contributed by atoms with Crippen LogP contribution in [0, 0.1) is 5.92 Å². The summed E-state index contributed by atoms with van der Waals surface area (Å²) in [6, 6.07) is 0.768. The van der Waals surface area contributed by atoms with Crippen LogP contribution >= 0.6 is 0 Å². The van der Waals surface area contributed by atoms with Crippen molar-refractivity contribution in [2.45, 2.75) is 20.0 Å². The van der Waals surface area contributed by atoms with E-state index < -0.39 is 11.9 Å². The number of rotatable bonds is 5. The molecule has 0 bridgehead atoms. The van der Waals surface area contributed by atoms with Gasteiger partial charge in [-0.2, -0.15) is 13.2 Å². The zero-order valence-electron chi connectivity index (χ0n) is 10.6. The number of carbonyl (C=O) groups is 1. The van der Waals surface area contributed by atoms with Crippen LogP contribution in [0.25, 0.3) is 0 Å². The first-order chi connectivity index (χ1) is 8.79. The smallest absolute Gasteiger partial charge is 0.354 e. The summed E-state index contributed by atoms with van der Waals surface area (Å²) in [5, 5.41) is 5.06. The highest BCUT2D eigenvalue weighted by molar-refractivity contribution is 5.80. The summed E-state index contributed by atoms with van der Waals surface area (Å²) in [7, 11) is 0. The molecule has 8 heteroatoms. The summed E-state index contributed by atoms with van der Waals surface area (Å²) in [5.41, 5.74) is -1.05. The van der Waals surface area contributed by atoms with Crippen molar-refractivity contribution >= 4 is 11.9 Å². The summed E-state index contributed by atoms with van der Waals surface area (Å²) in [6.45, 7) is 4.20. The maximum Gasteiger partial charge on any atom is 0.433 e. The van der Waals surface area contributed by atoms with E-state index in [2.05, 4.69) is 20.6 Å². The molecule has 1 rings (SSSR count). The van der Waals surface area contributed by atoms with Crippen LogP contribution in [0.2, 0.25) is 0 Å². The fourth-order valence-electron chi connectivity index (χ4n) is 1.14. The SMILES string of the molecule is CC(C)CNC(=O)CNc1nccc(C(F)(F)F)n1. The van der Waals surface area contributed by atoms with E-state index in [1.54, 1.807) is 0 Å². The minimum absolute atomic E-state index is 0.173. The molecule has 0 aromatic carbocycles. The van der Waals surface area contributed by atoms with Crippen molar-refractivity contribution in [2.24, 2.45) is 5.92 Å². The van der Waals surface area contributed by atoms with Crippen molar-refractivity contribution < 1.29 is 18.0 Å². The molecule has 0 spiro atoms. The van der Waals surface area contributed by atoms with Gasteiger partial charge in [-0.1, -0.05) is 13.8 Å². The van der Waals surface area contributed by atoms with E-state index in [1.807, 2.05) is 13.8 Å². The van der Waals surface area contributed by atoms with Gasteiger partial charge < -0.3 is 10.6 Å². The summed E-state index contributed by atoms with van der Waals surface area (Å²) in [5.74, 6) is -0.252. The summed E-state index contributed by atoms with van der Waals surface area (Å²) in [6.07, 6.45) is -3.54. The molecule has 1 aromatic rings. The molecular formula is C11H15F3N4O. The quantitative estimate of drug-likeness (QED) is 0.858. The molecule has 0 aliphatic heterocycles. The normalized spacial score (nSPS) is 11.5. The summed E-state index contributed by atoms with van der Waals surface area (Å²) in [4.78, 5) is 18.3. The Balaban J connectivity index is 2.52. The third-order valence-electron chi connectivity index (χ3n) is 2.06. The molecule has 0 atom stereocenters. The van der Waals surface area contributed by atoms with Gasteiger partial charge in [0.1, 0.15) is 5.69 Å². The minimum atomic E-state index is -4.53. The second kappa shape index (κ2) is 6.35. The lowest BCUT2D eigenvalue weighted by atomic mass is 10.2. The van der Waals surface area contributed by atoms with Crippen LogP contribution in [0.5, 0.6) is 0 Å². The first kappa shape index (κ1) is 15.2. The van der Waals surface area contributed by atoms with Gasteiger partial charge in [0.05, 0.1) is 6.54 Å². The van der Waals surface area contributed by atoms with Gasteiger partial charge in [-0.3, -0.25) is 4.79 Å². The predicted molar refractivity (Wildman–Crippen MR) is 63.4 cm³/mol. The Kier molecular flexibility index (Phi) is 5.08. The molecule has 0 unspecified atom stereocenters.